The van der Waals surface area contributed by atoms with Crippen molar-refractivity contribution in [3.63, 3.8) is 0 Å². The van der Waals surface area contributed by atoms with Crippen LogP contribution >= 0.6 is 0 Å². The second kappa shape index (κ2) is 1.86. The van der Waals surface area contributed by atoms with Crippen molar-refractivity contribution in [1.82, 2.24) is 0 Å². The summed E-state index contributed by atoms with van der Waals surface area (Å²) in [4.78, 5) is 11.3. The van der Waals surface area contributed by atoms with E-state index in [1.54, 1.807) is 0 Å². The molecule has 2 atom stereocenters. The largest absolute Gasteiger partial charge is 0.465 e. The highest BCUT2D eigenvalue weighted by molar-refractivity contribution is 5.78. The van der Waals surface area contributed by atoms with E-state index in [1.807, 2.05) is 0 Å². The quantitative estimate of drug-likeness (QED) is 0.516. The average molecular weight is 168 g/mol. The average Bonchev–Trinajstić information content (AvgIpc) is 2.30. The smallest absolute Gasteiger partial charge is 0.309 e. The molecule has 1 saturated heterocycles. The van der Waals surface area contributed by atoms with E-state index < -0.39 is 0 Å². The fraction of sp³-hybridized carbons (Fsp3) is 0.900. The maximum absolute atomic E-state index is 11.3. The summed E-state index contributed by atoms with van der Waals surface area (Å²) >= 11 is 0. The van der Waals surface area contributed by atoms with E-state index in [9.17, 15) is 4.79 Å². The SMILES string of the molecule is CC1(C)[C@@H]2C(=O)OC[C@@H]2C1(C)C. The fourth-order valence-electron chi connectivity index (χ4n) is 2.73. The third kappa shape index (κ3) is 0.606. The van der Waals surface area contributed by atoms with E-state index in [1.165, 1.54) is 0 Å². The molecular formula is C10H16O2. The number of rotatable bonds is 0. The Morgan fingerprint density at radius 1 is 1.25 bits per heavy atom. The predicted molar refractivity (Wildman–Crippen MR) is 45.5 cm³/mol. The van der Waals surface area contributed by atoms with E-state index in [0.717, 1.165) is 0 Å². The molecule has 2 rings (SSSR count). The molecule has 0 N–H and O–H groups in total. The molecule has 0 amide bonds. The second-order valence-electron chi connectivity index (χ2n) is 5.16. The van der Waals surface area contributed by atoms with Gasteiger partial charge in [0.1, 0.15) is 0 Å². The number of esters is 1. The van der Waals surface area contributed by atoms with E-state index >= 15 is 0 Å². The first-order valence-corrected chi connectivity index (χ1v) is 4.55. The lowest BCUT2D eigenvalue weighted by Gasteiger charge is -2.60. The van der Waals surface area contributed by atoms with Crippen LogP contribution in [0, 0.1) is 22.7 Å². The van der Waals surface area contributed by atoms with Crippen LogP contribution in [0.2, 0.25) is 0 Å². The molecule has 1 aliphatic heterocycles. The fourth-order valence-corrected chi connectivity index (χ4v) is 2.73. The van der Waals surface area contributed by atoms with Crippen LogP contribution in [-0.2, 0) is 9.53 Å². The van der Waals surface area contributed by atoms with Gasteiger partial charge in [0.25, 0.3) is 0 Å². The van der Waals surface area contributed by atoms with Crippen LogP contribution in [0.4, 0.5) is 0 Å². The molecule has 2 aliphatic rings. The minimum Gasteiger partial charge on any atom is -0.465 e. The number of ether oxygens (including phenoxy) is 1. The van der Waals surface area contributed by atoms with Crippen molar-refractivity contribution >= 4 is 5.97 Å². The van der Waals surface area contributed by atoms with E-state index in [-0.39, 0.29) is 22.7 Å². The molecule has 0 aromatic heterocycles. The zero-order chi connectivity index (χ0) is 9.15. The first-order chi connectivity index (χ1) is 5.39. The number of carbonyl (C=O) groups excluding carboxylic acids is 1. The molecule has 2 fully saturated rings. The van der Waals surface area contributed by atoms with Gasteiger partial charge in [-0.1, -0.05) is 27.7 Å². The summed E-state index contributed by atoms with van der Waals surface area (Å²) in [5, 5.41) is 0. The summed E-state index contributed by atoms with van der Waals surface area (Å²) in [6.45, 7) is 9.44. The third-order valence-corrected chi connectivity index (χ3v) is 4.43. The van der Waals surface area contributed by atoms with Crippen molar-refractivity contribution in [1.29, 1.82) is 0 Å². The Morgan fingerprint density at radius 3 is 2.33 bits per heavy atom. The van der Waals surface area contributed by atoms with E-state index in [2.05, 4.69) is 27.7 Å². The molecule has 68 valence electrons. The second-order valence-corrected chi connectivity index (χ2v) is 5.16. The van der Waals surface area contributed by atoms with Gasteiger partial charge in [-0.15, -0.1) is 0 Å². The lowest BCUT2D eigenvalue weighted by Crippen LogP contribution is -2.60. The highest BCUT2D eigenvalue weighted by Gasteiger charge is 2.67. The Morgan fingerprint density at radius 2 is 1.83 bits per heavy atom. The van der Waals surface area contributed by atoms with Crippen molar-refractivity contribution in [3.8, 4) is 0 Å². The summed E-state index contributed by atoms with van der Waals surface area (Å²) in [6, 6.07) is 0. The molecule has 0 unspecified atom stereocenters. The molecule has 0 aromatic carbocycles. The van der Waals surface area contributed by atoms with Gasteiger partial charge in [0.05, 0.1) is 12.5 Å². The standard InChI is InChI=1S/C10H16O2/c1-9(2)6-5-12-8(11)7(6)10(9,3)4/h6-7H,5H2,1-4H3/t6-,7-/m0/s1. The van der Waals surface area contributed by atoms with Crippen LogP contribution in [0.5, 0.6) is 0 Å². The van der Waals surface area contributed by atoms with Gasteiger partial charge in [-0.25, -0.2) is 0 Å². The van der Waals surface area contributed by atoms with Crippen LogP contribution in [-0.4, -0.2) is 12.6 Å². The van der Waals surface area contributed by atoms with Crippen molar-refractivity contribution in [2.24, 2.45) is 22.7 Å². The predicted octanol–water partition coefficient (Wildman–Crippen LogP) is 1.84. The van der Waals surface area contributed by atoms with Gasteiger partial charge >= 0.3 is 5.97 Å². The highest BCUT2D eigenvalue weighted by Crippen LogP contribution is 2.66. The molecular weight excluding hydrogens is 152 g/mol. The first kappa shape index (κ1) is 8.09. The molecule has 0 aromatic rings. The molecule has 2 nitrogen and oxygen atoms in total. The first-order valence-electron chi connectivity index (χ1n) is 4.55. The summed E-state index contributed by atoms with van der Waals surface area (Å²) < 4.78 is 5.07. The molecule has 0 spiro atoms. The van der Waals surface area contributed by atoms with E-state index in [0.29, 0.717) is 12.5 Å². The van der Waals surface area contributed by atoms with Crippen molar-refractivity contribution < 1.29 is 9.53 Å². The molecule has 2 heteroatoms. The highest BCUT2D eigenvalue weighted by atomic mass is 16.5. The van der Waals surface area contributed by atoms with Gasteiger partial charge in [0, 0.05) is 5.92 Å². The van der Waals surface area contributed by atoms with Crippen LogP contribution in [0.15, 0.2) is 0 Å². The Kier molecular flexibility index (Phi) is 1.25. The minimum absolute atomic E-state index is 0.0179. The summed E-state index contributed by atoms with van der Waals surface area (Å²) in [5.41, 5.74) is 0.370. The van der Waals surface area contributed by atoms with Gasteiger partial charge < -0.3 is 4.74 Å². The van der Waals surface area contributed by atoms with Crippen molar-refractivity contribution in [3.05, 3.63) is 0 Å². The maximum atomic E-state index is 11.3. The zero-order valence-electron chi connectivity index (χ0n) is 8.18. The van der Waals surface area contributed by atoms with E-state index in [4.69, 9.17) is 4.74 Å². The normalized spacial score (nSPS) is 41.5. The monoisotopic (exact) mass is 168 g/mol. The summed E-state index contributed by atoms with van der Waals surface area (Å²) in [6.07, 6.45) is 0. The Labute approximate surface area is 73.3 Å². The lowest BCUT2D eigenvalue weighted by molar-refractivity contribution is -0.166. The Hall–Kier alpha value is -0.530. The number of carbonyl (C=O) groups is 1. The van der Waals surface area contributed by atoms with Gasteiger partial charge in [-0.05, 0) is 10.8 Å². The lowest BCUT2D eigenvalue weighted by atomic mass is 9.41. The van der Waals surface area contributed by atoms with Crippen molar-refractivity contribution in [2.45, 2.75) is 27.7 Å². The van der Waals surface area contributed by atoms with Gasteiger partial charge in [-0.2, -0.15) is 0 Å². The van der Waals surface area contributed by atoms with Crippen molar-refractivity contribution in [2.75, 3.05) is 6.61 Å². The number of hydrogen-bond donors (Lipinski definition) is 0. The topological polar surface area (TPSA) is 26.3 Å². The van der Waals surface area contributed by atoms with Gasteiger partial charge in [0.15, 0.2) is 0 Å². The van der Waals surface area contributed by atoms with Gasteiger partial charge in [0.2, 0.25) is 0 Å². The Bertz CT molecular complexity index is 240. The van der Waals surface area contributed by atoms with Crippen LogP contribution in [0.3, 0.4) is 0 Å². The summed E-state index contributed by atoms with van der Waals surface area (Å²) in [7, 11) is 0. The maximum Gasteiger partial charge on any atom is 0.309 e. The molecule has 1 heterocycles. The molecule has 1 saturated carbocycles. The third-order valence-electron chi connectivity index (χ3n) is 4.43. The molecule has 0 bridgehead atoms. The Balaban J connectivity index is 2.34. The molecule has 12 heavy (non-hydrogen) atoms. The molecule has 0 radical (unpaired) electrons. The van der Waals surface area contributed by atoms with Gasteiger partial charge in [-0.3, -0.25) is 4.79 Å². The van der Waals surface area contributed by atoms with Crippen LogP contribution in [0.1, 0.15) is 27.7 Å². The van der Waals surface area contributed by atoms with Crippen LogP contribution < -0.4 is 0 Å². The number of fused-ring (bicyclic) bond motifs is 1. The molecule has 1 aliphatic carbocycles. The number of cyclic esters (lactones) is 1. The van der Waals surface area contributed by atoms with Crippen LogP contribution in [0.25, 0.3) is 0 Å². The minimum atomic E-state index is 0.0179. The zero-order valence-corrected chi connectivity index (χ0v) is 8.18. The summed E-state index contributed by atoms with van der Waals surface area (Å²) in [5.74, 6) is 0.636. The number of hydrogen-bond acceptors (Lipinski definition) is 2.